The van der Waals surface area contributed by atoms with Crippen molar-refractivity contribution < 1.29 is 0 Å². The Hall–Kier alpha value is -0.560. The molecule has 1 saturated carbocycles. The number of hydrogen-bond acceptors (Lipinski definition) is 1. The molecule has 0 atom stereocenters. The molecule has 0 amide bonds. The molecule has 1 rings (SSSR count). The summed E-state index contributed by atoms with van der Waals surface area (Å²) in [6.45, 7) is 9.54. The molecule has 1 fully saturated rings. The molecule has 0 aromatic carbocycles. The zero-order valence-electron chi connectivity index (χ0n) is 9.60. The van der Waals surface area contributed by atoms with Crippen molar-refractivity contribution in [1.82, 2.24) is 5.32 Å². The molecule has 1 aliphatic rings. The minimum absolute atomic E-state index is 0.842. The predicted octanol–water partition coefficient (Wildman–Crippen LogP) is 3.43. The summed E-state index contributed by atoms with van der Waals surface area (Å²) < 4.78 is 0. The number of rotatable bonds is 7. The van der Waals surface area contributed by atoms with E-state index in [-0.39, 0.29) is 0 Å². The Morgan fingerprint density at radius 2 is 2.21 bits per heavy atom. The Morgan fingerprint density at radius 3 is 2.79 bits per heavy atom. The van der Waals surface area contributed by atoms with Crippen LogP contribution in [-0.2, 0) is 0 Å². The standard InChI is InChI=1S/C13H23N/c1-4-11(2)10-12(3)6-5-9-14-13-7-8-13/h6,13-14H,2,4-5,7-10H2,1,3H3. The molecule has 0 spiro atoms. The van der Waals surface area contributed by atoms with Gasteiger partial charge in [0.2, 0.25) is 0 Å². The summed E-state index contributed by atoms with van der Waals surface area (Å²) in [6.07, 6.45) is 8.46. The fourth-order valence-electron chi connectivity index (χ4n) is 1.48. The molecule has 0 aromatic heterocycles. The molecule has 0 heterocycles. The Kier molecular flexibility index (Phi) is 4.95. The van der Waals surface area contributed by atoms with Gasteiger partial charge in [0, 0.05) is 6.04 Å². The first-order chi connectivity index (χ1) is 6.72. The van der Waals surface area contributed by atoms with Crippen LogP contribution in [0.1, 0.15) is 46.0 Å². The molecular weight excluding hydrogens is 170 g/mol. The maximum Gasteiger partial charge on any atom is 0.00683 e. The van der Waals surface area contributed by atoms with Gasteiger partial charge in [0.15, 0.2) is 0 Å². The molecule has 0 unspecified atom stereocenters. The van der Waals surface area contributed by atoms with Gasteiger partial charge in [-0.1, -0.05) is 30.7 Å². The Bertz CT molecular complexity index is 211. The van der Waals surface area contributed by atoms with Crippen molar-refractivity contribution >= 4 is 0 Å². The van der Waals surface area contributed by atoms with Crippen molar-refractivity contribution in [2.24, 2.45) is 0 Å². The number of allylic oxidation sites excluding steroid dienone is 2. The maximum absolute atomic E-state index is 4.02. The van der Waals surface area contributed by atoms with Crippen LogP contribution in [-0.4, -0.2) is 12.6 Å². The fraction of sp³-hybridized carbons (Fsp3) is 0.692. The summed E-state index contributed by atoms with van der Waals surface area (Å²) in [4.78, 5) is 0. The van der Waals surface area contributed by atoms with Crippen molar-refractivity contribution in [3.8, 4) is 0 Å². The van der Waals surface area contributed by atoms with Crippen LogP contribution in [0.4, 0.5) is 0 Å². The van der Waals surface area contributed by atoms with Crippen LogP contribution in [0.3, 0.4) is 0 Å². The number of nitrogens with one attached hydrogen (secondary N) is 1. The second-order valence-electron chi connectivity index (χ2n) is 4.35. The second-order valence-corrected chi connectivity index (χ2v) is 4.35. The third-order valence-corrected chi connectivity index (χ3v) is 2.68. The first-order valence-electron chi connectivity index (χ1n) is 5.78. The van der Waals surface area contributed by atoms with Gasteiger partial charge in [-0.15, -0.1) is 0 Å². The topological polar surface area (TPSA) is 12.0 Å². The molecule has 0 saturated heterocycles. The lowest BCUT2D eigenvalue weighted by Crippen LogP contribution is -2.16. The van der Waals surface area contributed by atoms with Crippen molar-refractivity contribution in [3.05, 3.63) is 23.8 Å². The Labute approximate surface area is 88.3 Å². The highest BCUT2D eigenvalue weighted by atomic mass is 14.9. The van der Waals surface area contributed by atoms with Gasteiger partial charge in [-0.3, -0.25) is 0 Å². The highest BCUT2D eigenvalue weighted by Gasteiger charge is 2.19. The summed E-state index contributed by atoms with van der Waals surface area (Å²) in [6, 6.07) is 0.842. The third kappa shape index (κ3) is 5.23. The lowest BCUT2D eigenvalue weighted by Gasteiger charge is -2.03. The molecule has 0 radical (unpaired) electrons. The summed E-state index contributed by atoms with van der Waals surface area (Å²) >= 11 is 0. The van der Waals surface area contributed by atoms with Gasteiger partial charge in [0.05, 0.1) is 0 Å². The highest BCUT2D eigenvalue weighted by molar-refractivity contribution is 5.10. The van der Waals surface area contributed by atoms with E-state index >= 15 is 0 Å². The summed E-state index contributed by atoms with van der Waals surface area (Å²) in [5.74, 6) is 0. The molecule has 1 aliphatic carbocycles. The molecule has 0 aliphatic heterocycles. The average Bonchev–Trinajstić information content (AvgIpc) is 2.96. The first kappa shape index (κ1) is 11.5. The fourth-order valence-corrected chi connectivity index (χ4v) is 1.48. The summed E-state index contributed by atoms with van der Waals surface area (Å²) in [5.41, 5.74) is 2.81. The lowest BCUT2D eigenvalue weighted by molar-refractivity contribution is 0.688. The third-order valence-electron chi connectivity index (χ3n) is 2.68. The summed E-state index contributed by atoms with van der Waals surface area (Å²) in [5, 5.41) is 3.51. The van der Waals surface area contributed by atoms with E-state index < -0.39 is 0 Å². The van der Waals surface area contributed by atoms with E-state index in [9.17, 15) is 0 Å². The zero-order chi connectivity index (χ0) is 10.4. The van der Waals surface area contributed by atoms with Gasteiger partial charge in [-0.05, 0) is 45.6 Å². The van der Waals surface area contributed by atoms with Crippen LogP contribution in [0, 0.1) is 0 Å². The molecule has 14 heavy (non-hydrogen) atoms. The molecular formula is C13H23N. The second kappa shape index (κ2) is 6.02. The van der Waals surface area contributed by atoms with Gasteiger partial charge in [-0.25, -0.2) is 0 Å². The summed E-state index contributed by atoms with van der Waals surface area (Å²) in [7, 11) is 0. The van der Waals surface area contributed by atoms with Crippen molar-refractivity contribution in [1.29, 1.82) is 0 Å². The quantitative estimate of drug-likeness (QED) is 0.482. The first-order valence-corrected chi connectivity index (χ1v) is 5.78. The molecule has 0 bridgehead atoms. The zero-order valence-corrected chi connectivity index (χ0v) is 9.60. The molecule has 1 N–H and O–H groups in total. The minimum Gasteiger partial charge on any atom is -0.314 e. The van der Waals surface area contributed by atoms with E-state index in [1.165, 1.54) is 30.4 Å². The van der Waals surface area contributed by atoms with E-state index in [1.807, 2.05) is 0 Å². The maximum atomic E-state index is 4.02. The number of hydrogen-bond donors (Lipinski definition) is 1. The van der Waals surface area contributed by atoms with Crippen molar-refractivity contribution in [2.45, 2.75) is 52.0 Å². The van der Waals surface area contributed by atoms with Gasteiger partial charge >= 0.3 is 0 Å². The van der Waals surface area contributed by atoms with Gasteiger partial charge in [0.25, 0.3) is 0 Å². The van der Waals surface area contributed by atoms with Crippen LogP contribution in [0.5, 0.6) is 0 Å². The minimum atomic E-state index is 0.842. The monoisotopic (exact) mass is 193 g/mol. The van der Waals surface area contributed by atoms with Gasteiger partial charge in [-0.2, -0.15) is 0 Å². The molecule has 1 heteroatoms. The molecule has 1 nitrogen and oxygen atoms in total. The largest absolute Gasteiger partial charge is 0.314 e. The highest BCUT2D eigenvalue weighted by Crippen LogP contribution is 2.18. The van der Waals surface area contributed by atoms with Crippen molar-refractivity contribution in [2.75, 3.05) is 6.54 Å². The molecule has 0 aromatic rings. The van der Waals surface area contributed by atoms with E-state index in [4.69, 9.17) is 0 Å². The van der Waals surface area contributed by atoms with E-state index in [2.05, 4.69) is 31.8 Å². The average molecular weight is 193 g/mol. The van der Waals surface area contributed by atoms with E-state index in [0.717, 1.165) is 25.4 Å². The lowest BCUT2D eigenvalue weighted by atomic mass is 10.1. The van der Waals surface area contributed by atoms with Crippen LogP contribution < -0.4 is 5.32 Å². The van der Waals surface area contributed by atoms with Crippen LogP contribution in [0.15, 0.2) is 23.8 Å². The Morgan fingerprint density at radius 1 is 1.50 bits per heavy atom. The SMILES string of the molecule is C=C(CC)CC(C)=CCCNC1CC1. The van der Waals surface area contributed by atoms with Crippen LogP contribution >= 0.6 is 0 Å². The predicted molar refractivity (Wildman–Crippen MR) is 63.4 cm³/mol. The normalized spacial score (nSPS) is 17.1. The van der Waals surface area contributed by atoms with E-state index in [1.54, 1.807) is 0 Å². The van der Waals surface area contributed by atoms with Crippen LogP contribution in [0.2, 0.25) is 0 Å². The Balaban J connectivity index is 2.05. The van der Waals surface area contributed by atoms with Gasteiger partial charge in [0.1, 0.15) is 0 Å². The smallest absolute Gasteiger partial charge is 0.00683 e. The van der Waals surface area contributed by atoms with Crippen LogP contribution in [0.25, 0.3) is 0 Å². The molecule has 80 valence electrons. The van der Waals surface area contributed by atoms with Gasteiger partial charge < -0.3 is 5.32 Å². The van der Waals surface area contributed by atoms with E-state index in [0.29, 0.717) is 0 Å². The van der Waals surface area contributed by atoms with Crippen molar-refractivity contribution in [3.63, 3.8) is 0 Å².